The van der Waals surface area contributed by atoms with Crippen molar-refractivity contribution in [1.82, 2.24) is 14.9 Å². The first-order chi connectivity index (χ1) is 11.1. The highest BCUT2D eigenvalue weighted by Gasteiger charge is 2.12. The minimum absolute atomic E-state index is 0.122. The smallest absolute Gasteiger partial charge is 0.272 e. The monoisotopic (exact) mass is 372 g/mol. The SMILES string of the molecule is O=C(CNC(=O)c1cc2ccccn2n1)Nc1ccc(Br)cc1. The number of rotatable bonds is 4. The van der Waals surface area contributed by atoms with Crippen LogP contribution in [0, 0.1) is 0 Å². The van der Waals surface area contributed by atoms with Gasteiger partial charge in [-0.25, -0.2) is 4.52 Å². The number of hydrogen-bond acceptors (Lipinski definition) is 3. The van der Waals surface area contributed by atoms with Crippen LogP contribution in [0.15, 0.2) is 59.2 Å². The van der Waals surface area contributed by atoms with Crippen LogP contribution in [0.5, 0.6) is 0 Å². The van der Waals surface area contributed by atoms with Crippen molar-refractivity contribution >= 4 is 38.9 Å². The van der Waals surface area contributed by atoms with E-state index >= 15 is 0 Å². The standard InChI is InChI=1S/C16H13BrN4O2/c17-11-4-6-12(7-5-11)19-15(22)10-18-16(23)14-9-13-3-1-2-8-21(13)20-14/h1-9H,10H2,(H,18,23)(H,19,22). The zero-order valence-electron chi connectivity index (χ0n) is 12.0. The van der Waals surface area contributed by atoms with E-state index in [1.165, 1.54) is 0 Å². The molecule has 0 aliphatic rings. The molecule has 0 aliphatic carbocycles. The molecule has 0 fully saturated rings. The summed E-state index contributed by atoms with van der Waals surface area (Å²) in [4.78, 5) is 23.9. The van der Waals surface area contributed by atoms with Gasteiger partial charge in [0.15, 0.2) is 5.69 Å². The van der Waals surface area contributed by atoms with Crippen LogP contribution >= 0.6 is 15.9 Å². The van der Waals surface area contributed by atoms with E-state index in [0.29, 0.717) is 5.69 Å². The highest BCUT2D eigenvalue weighted by Crippen LogP contribution is 2.13. The first kappa shape index (κ1) is 15.2. The van der Waals surface area contributed by atoms with Crippen LogP contribution in [0.1, 0.15) is 10.5 Å². The largest absolute Gasteiger partial charge is 0.342 e. The Morgan fingerprint density at radius 3 is 2.65 bits per heavy atom. The molecule has 2 heterocycles. The number of pyridine rings is 1. The predicted molar refractivity (Wildman–Crippen MR) is 90.3 cm³/mol. The number of carbonyl (C=O) groups is 2. The van der Waals surface area contributed by atoms with Crippen molar-refractivity contribution in [3.63, 3.8) is 0 Å². The van der Waals surface area contributed by atoms with E-state index in [1.54, 1.807) is 28.9 Å². The third-order valence-electron chi connectivity index (χ3n) is 3.14. The molecule has 7 heteroatoms. The minimum Gasteiger partial charge on any atom is -0.342 e. The average Bonchev–Trinajstić information content (AvgIpc) is 2.99. The normalized spacial score (nSPS) is 10.5. The lowest BCUT2D eigenvalue weighted by atomic mass is 10.3. The van der Waals surface area contributed by atoms with Gasteiger partial charge in [0, 0.05) is 16.4 Å². The quantitative estimate of drug-likeness (QED) is 0.738. The van der Waals surface area contributed by atoms with E-state index in [9.17, 15) is 9.59 Å². The molecule has 0 aliphatic heterocycles. The molecule has 0 saturated carbocycles. The fourth-order valence-corrected chi connectivity index (χ4v) is 2.30. The molecule has 0 bridgehead atoms. The summed E-state index contributed by atoms with van der Waals surface area (Å²) in [6.07, 6.45) is 1.76. The van der Waals surface area contributed by atoms with Gasteiger partial charge in [-0.2, -0.15) is 5.10 Å². The van der Waals surface area contributed by atoms with Crippen LogP contribution in [0.2, 0.25) is 0 Å². The van der Waals surface area contributed by atoms with Gasteiger partial charge in [0.2, 0.25) is 5.91 Å². The zero-order valence-corrected chi connectivity index (χ0v) is 13.6. The van der Waals surface area contributed by atoms with E-state index < -0.39 is 0 Å². The van der Waals surface area contributed by atoms with Crippen molar-refractivity contribution in [2.45, 2.75) is 0 Å². The van der Waals surface area contributed by atoms with Gasteiger partial charge in [0.25, 0.3) is 5.91 Å². The Kier molecular flexibility index (Phi) is 4.38. The molecule has 0 spiro atoms. The molecule has 0 radical (unpaired) electrons. The van der Waals surface area contributed by atoms with E-state index in [4.69, 9.17) is 0 Å². The summed E-state index contributed by atoms with van der Waals surface area (Å²) in [5.74, 6) is -0.691. The molecule has 2 aromatic heterocycles. The lowest BCUT2D eigenvalue weighted by molar-refractivity contribution is -0.115. The fourth-order valence-electron chi connectivity index (χ4n) is 2.04. The van der Waals surface area contributed by atoms with Gasteiger partial charge in [0.05, 0.1) is 12.1 Å². The van der Waals surface area contributed by atoms with Crippen LogP contribution in [-0.4, -0.2) is 28.0 Å². The van der Waals surface area contributed by atoms with E-state index in [-0.39, 0.29) is 24.1 Å². The summed E-state index contributed by atoms with van der Waals surface area (Å²) < 4.78 is 2.53. The number of nitrogens with zero attached hydrogens (tertiary/aromatic N) is 2. The number of carbonyl (C=O) groups excluding carboxylic acids is 2. The number of amides is 2. The molecule has 23 heavy (non-hydrogen) atoms. The summed E-state index contributed by atoms with van der Waals surface area (Å²) >= 11 is 3.32. The number of anilines is 1. The highest BCUT2D eigenvalue weighted by molar-refractivity contribution is 9.10. The van der Waals surface area contributed by atoms with E-state index in [0.717, 1.165) is 9.99 Å². The lowest BCUT2D eigenvalue weighted by Gasteiger charge is -2.06. The number of hydrogen-bond donors (Lipinski definition) is 2. The zero-order chi connectivity index (χ0) is 16.2. The number of halogens is 1. The van der Waals surface area contributed by atoms with Gasteiger partial charge in [-0.1, -0.05) is 22.0 Å². The Morgan fingerprint density at radius 2 is 1.91 bits per heavy atom. The average molecular weight is 373 g/mol. The second-order valence-corrected chi connectivity index (χ2v) is 5.75. The number of nitrogens with one attached hydrogen (secondary N) is 2. The van der Waals surface area contributed by atoms with Crippen molar-refractivity contribution in [3.8, 4) is 0 Å². The van der Waals surface area contributed by atoms with Crippen LogP contribution < -0.4 is 10.6 Å². The van der Waals surface area contributed by atoms with Crippen LogP contribution in [0.25, 0.3) is 5.52 Å². The summed E-state index contributed by atoms with van der Waals surface area (Å²) in [7, 11) is 0. The topological polar surface area (TPSA) is 75.5 Å². The van der Waals surface area contributed by atoms with Crippen molar-refractivity contribution in [1.29, 1.82) is 0 Å². The maximum Gasteiger partial charge on any atom is 0.272 e. The van der Waals surface area contributed by atoms with Gasteiger partial charge < -0.3 is 10.6 Å². The summed E-state index contributed by atoms with van der Waals surface area (Å²) in [5, 5.41) is 9.41. The molecule has 1 aromatic carbocycles. The second-order valence-electron chi connectivity index (χ2n) is 4.84. The molecule has 3 rings (SSSR count). The van der Waals surface area contributed by atoms with Crippen molar-refractivity contribution in [3.05, 3.63) is 64.9 Å². The molecule has 116 valence electrons. The third kappa shape index (κ3) is 3.75. The van der Waals surface area contributed by atoms with Gasteiger partial charge in [-0.3, -0.25) is 9.59 Å². The highest BCUT2D eigenvalue weighted by atomic mass is 79.9. The Bertz CT molecular complexity index is 825. The predicted octanol–water partition coefficient (Wildman–Crippen LogP) is 2.47. The molecule has 0 saturated heterocycles. The summed E-state index contributed by atoms with van der Waals surface area (Å²) in [6.45, 7) is -0.122. The lowest BCUT2D eigenvalue weighted by Crippen LogP contribution is -2.33. The molecule has 0 atom stereocenters. The van der Waals surface area contributed by atoms with Gasteiger partial charge >= 0.3 is 0 Å². The molecule has 2 N–H and O–H groups in total. The minimum atomic E-state index is -0.389. The first-order valence-electron chi connectivity index (χ1n) is 6.90. The summed E-state index contributed by atoms with van der Waals surface area (Å²) in [5.41, 5.74) is 1.75. The Labute approximate surface area is 140 Å². The molecular formula is C16H13BrN4O2. The van der Waals surface area contributed by atoms with Crippen molar-refractivity contribution in [2.75, 3.05) is 11.9 Å². The number of fused-ring (bicyclic) bond motifs is 1. The molecular weight excluding hydrogens is 360 g/mol. The Balaban J connectivity index is 1.57. The first-order valence-corrected chi connectivity index (χ1v) is 7.69. The molecule has 6 nitrogen and oxygen atoms in total. The maximum absolute atomic E-state index is 12.0. The number of benzene rings is 1. The molecule has 0 unspecified atom stereocenters. The molecule has 2 amide bonds. The van der Waals surface area contributed by atoms with Gasteiger partial charge in [-0.15, -0.1) is 0 Å². The van der Waals surface area contributed by atoms with E-state index in [1.807, 2.05) is 30.3 Å². The maximum atomic E-state index is 12.0. The van der Waals surface area contributed by atoms with Gasteiger partial charge in [-0.05, 0) is 42.5 Å². The third-order valence-corrected chi connectivity index (χ3v) is 3.67. The van der Waals surface area contributed by atoms with Crippen LogP contribution in [0.3, 0.4) is 0 Å². The van der Waals surface area contributed by atoms with Crippen molar-refractivity contribution in [2.24, 2.45) is 0 Å². The van der Waals surface area contributed by atoms with Crippen LogP contribution in [0.4, 0.5) is 5.69 Å². The van der Waals surface area contributed by atoms with Crippen LogP contribution in [-0.2, 0) is 4.79 Å². The van der Waals surface area contributed by atoms with Gasteiger partial charge in [0.1, 0.15) is 0 Å². The molecule has 3 aromatic rings. The second kappa shape index (κ2) is 6.62. The summed E-state index contributed by atoms with van der Waals surface area (Å²) in [6, 6.07) is 14.4. The number of aromatic nitrogens is 2. The van der Waals surface area contributed by atoms with E-state index in [2.05, 4.69) is 31.7 Å². The Morgan fingerprint density at radius 1 is 1.13 bits per heavy atom. The van der Waals surface area contributed by atoms with Crippen molar-refractivity contribution < 1.29 is 9.59 Å². The fraction of sp³-hybridized carbons (Fsp3) is 0.0625. The Hall–Kier alpha value is -2.67.